The summed E-state index contributed by atoms with van der Waals surface area (Å²) < 4.78 is 34.9. The molecular weight excluding hydrogens is 402 g/mol. The zero-order valence-corrected chi connectivity index (χ0v) is 18.1. The van der Waals surface area contributed by atoms with E-state index in [1.807, 2.05) is 43.9 Å². The van der Waals surface area contributed by atoms with Gasteiger partial charge in [0.15, 0.2) is 5.76 Å². The van der Waals surface area contributed by atoms with Crippen LogP contribution < -0.4 is 5.32 Å². The molecule has 158 valence electrons. The number of benzene rings is 1. The molecule has 0 unspecified atom stereocenters. The Bertz CT molecular complexity index is 1140. The largest absolute Gasteiger partial charge is 0.459 e. The SMILES string of the molecule is CC1=C(c2ccc(C)c(C)c2)S(=O)(=O)N=C1N1CCC(NC(=O)c2ccco2)CC1. The summed E-state index contributed by atoms with van der Waals surface area (Å²) in [6.07, 6.45) is 2.88. The Labute approximate surface area is 176 Å². The Morgan fingerprint density at radius 2 is 1.87 bits per heavy atom. The Morgan fingerprint density at radius 3 is 2.50 bits per heavy atom. The van der Waals surface area contributed by atoms with Gasteiger partial charge in [-0.3, -0.25) is 4.79 Å². The van der Waals surface area contributed by atoms with E-state index < -0.39 is 10.0 Å². The van der Waals surface area contributed by atoms with Crippen LogP contribution in [0.3, 0.4) is 0 Å². The zero-order chi connectivity index (χ0) is 21.5. The van der Waals surface area contributed by atoms with Gasteiger partial charge >= 0.3 is 0 Å². The number of furan rings is 1. The van der Waals surface area contributed by atoms with Crippen LogP contribution in [0.1, 0.15) is 47.0 Å². The van der Waals surface area contributed by atoms with Crippen molar-refractivity contribution in [2.75, 3.05) is 13.1 Å². The van der Waals surface area contributed by atoms with Crippen LogP contribution in [-0.2, 0) is 10.0 Å². The van der Waals surface area contributed by atoms with E-state index in [-0.39, 0.29) is 16.9 Å². The summed E-state index contributed by atoms with van der Waals surface area (Å²) in [5.41, 5.74) is 3.52. The number of carbonyl (C=O) groups excluding carboxylic acids is 1. The Kier molecular flexibility index (Phi) is 5.27. The van der Waals surface area contributed by atoms with E-state index in [1.165, 1.54) is 6.26 Å². The molecule has 0 saturated carbocycles. The molecule has 1 amide bonds. The third kappa shape index (κ3) is 3.79. The maximum atomic E-state index is 12.8. The van der Waals surface area contributed by atoms with Crippen LogP contribution in [-0.4, -0.2) is 44.2 Å². The van der Waals surface area contributed by atoms with Crippen molar-refractivity contribution in [1.82, 2.24) is 10.2 Å². The molecule has 1 aromatic carbocycles. The minimum Gasteiger partial charge on any atom is -0.459 e. The molecular formula is C22H25N3O4S. The second-order valence-corrected chi connectivity index (χ2v) is 9.40. The summed E-state index contributed by atoms with van der Waals surface area (Å²) in [5.74, 6) is 0.576. The highest BCUT2D eigenvalue weighted by Gasteiger charge is 2.35. The van der Waals surface area contributed by atoms with Gasteiger partial charge in [-0.15, -0.1) is 4.40 Å². The molecule has 1 saturated heterocycles. The van der Waals surface area contributed by atoms with E-state index in [0.29, 0.717) is 48.7 Å². The second-order valence-electron chi connectivity index (χ2n) is 7.86. The summed E-state index contributed by atoms with van der Waals surface area (Å²) in [6.45, 7) is 7.03. The van der Waals surface area contributed by atoms with Gasteiger partial charge in [0.2, 0.25) is 0 Å². The number of likely N-dealkylation sites (tertiary alicyclic amines) is 1. The molecule has 0 bridgehead atoms. The van der Waals surface area contributed by atoms with Crippen molar-refractivity contribution in [3.05, 3.63) is 64.6 Å². The fourth-order valence-electron chi connectivity index (χ4n) is 3.97. The lowest BCUT2D eigenvalue weighted by molar-refractivity contribution is 0.0894. The van der Waals surface area contributed by atoms with E-state index in [2.05, 4.69) is 9.71 Å². The lowest BCUT2D eigenvalue weighted by Gasteiger charge is -2.33. The van der Waals surface area contributed by atoms with Crippen LogP contribution in [0.15, 0.2) is 51.0 Å². The Hall–Kier alpha value is -2.87. The average molecular weight is 428 g/mol. The van der Waals surface area contributed by atoms with Gasteiger partial charge in [-0.1, -0.05) is 18.2 Å². The molecule has 2 aliphatic rings. The first-order valence-electron chi connectivity index (χ1n) is 9.99. The molecule has 3 heterocycles. The average Bonchev–Trinajstić information content (AvgIpc) is 3.31. The topological polar surface area (TPSA) is 92.0 Å². The number of rotatable bonds is 3. The van der Waals surface area contributed by atoms with Crippen LogP contribution in [0.2, 0.25) is 0 Å². The number of aryl methyl sites for hydroxylation is 2. The minimum absolute atomic E-state index is 0.0148. The number of carbonyl (C=O) groups is 1. The van der Waals surface area contributed by atoms with Crippen LogP contribution in [0, 0.1) is 13.8 Å². The molecule has 0 radical (unpaired) electrons. The molecule has 0 atom stereocenters. The number of nitrogens with zero attached hydrogens (tertiary/aromatic N) is 2. The lowest BCUT2D eigenvalue weighted by Crippen LogP contribution is -2.46. The lowest BCUT2D eigenvalue weighted by atomic mass is 10.0. The van der Waals surface area contributed by atoms with Gasteiger partial charge in [0.05, 0.1) is 6.26 Å². The van der Waals surface area contributed by atoms with Crippen molar-refractivity contribution >= 4 is 26.7 Å². The van der Waals surface area contributed by atoms with Gasteiger partial charge in [0.25, 0.3) is 15.9 Å². The Balaban J connectivity index is 1.49. The number of hydrogen-bond acceptors (Lipinski definition) is 5. The Morgan fingerprint density at radius 1 is 1.13 bits per heavy atom. The second kappa shape index (κ2) is 7.75. The third-order valence-electron chi connectivity index (χ3n) is 5.78. The standard InChI is InChI=1S/C22H25N3O4S/c1-14-6-7-17(13-15(14)2)20-16(3)21(24-30(20,27)28)25-10-8-18(9-11-25)23-22(26)19-5-4-12-29-19/h4-7,12-13,18H,8-11H2,1-3H3,(H,23,26). The van der Waals surface area contributed by atoms with Crippen LogP contribution >= 0.6 is 0 Å². The van der Waals surface area contributed by atoms with Crippen LogP contribution in [0.25, 0.3) is 4.91 Å². The first kappa shape index (κ1) is 20.4. The highest BCUT2D eigenvalue weighted by molar-refractivity contribution is 8.00. The highest BCUT2D eigenvalue weighted by Crippen LogP contribution is 2.35. The van der Waals surface area contributed by atoms with Gasteiger partial charge in [-0.2, -0.15) is 8.42 Å². The number of amides is 1. The summed E-state index contributed by atoms with van der Waals surface area (Å²) in [7, 11) is -3.74. The monoisotopic (exact) mass is 427 g/mol. The molecule has 30 heavy (non-hydrogen) atoms. The van der Waals surface area contributed by atoms with Crippen molar-refractivity contribution in [2.45, 2.75) is 39.7 Å². The van der Waals surface area contributed by atoms with Crippen LogP contribution in [0.5, 0.6) is 0 Å². The minimum atomic E-state index is -3.74. The molecule has 1 N–H and O–H groups in total. The van der Waals surface area contributed by atoms with E-state index in [9.17, 15) is 13.2 Å². The first-order valence-corrected chi connectivity index (χ1v) is 11.4. The summed E-state index contributed by atoms with van der Waals surface area (Å²) in [5, 5.41) is 2.98. The number of nitrogens with one attached hydrogen (secondary N) is 1. The smallest absolute Gasteiger partial charge is 0.287 e. The van der Waals surface area contributed by atoms with Gasteiger partial charge in [-0.05, 0) is 62.4 Å². The van der Waals surface area contributed by atoms with E-state index in [4.69, 9.17) is 4.42 Å². The predicted molar refractivity (Wildman–Crippen MR) is 116 cm³/mol. The van der Waals surface area contributed by atoms with Crippen molar-refractivity contribution in [3.63, 3.8) is 0 Å². The summed E-state index contributed by atoms with van der Waals surface area (Å²) in [4.78, 5) is 14.5. The van der Waals surface area contributed by atoms with Gasteiger partial charge < -0.3 is 14.6 Å². The molecule has 7 nitrogen and oxygen atoms in total. The maximum absolute atomic E-state index is 12.8. The van der Waals surface area contributed by atoms with Gasteiger partial charge in [-0.25, -0.2) is 0 Å². The van der Waals surface area contributed by atoms with Crippen molar-refractivity contribution in [3.8, 4) is 0 Å². The number of hydrogen-bond donors (Lipinski definition) is 1. The molecule has 4 rings (SSSR count). The number of sulfonamides is 1. The van der Waals surface area contributed by atoms with E-state index in [0.717, 1.165) is 11.1 Å². The zero-order valence-electron chi connectivity index (χ0n) is 17.3. The molecule has 1 aromatic heterocycles. The fourth-order valence-corrected chi connectivity index (χ4v) is 5.44. The molecule has 1 fully saturated rings. The first-order chi connectivity index (χ1) is 14.3. The van der Waals surface area contributed by atoms with Gasteiger partial charge in [0, 0.05) is 24.7 Å². The van der Waals surface area contributed by atoms with E-state index >= 15 is 0 Å². The van der Waals surface area contributed by atoms with Crippen molar-refractivity contribution in [2.24, 2.45) is 4.40 Å². The summed E-state index contributed by atoms with van der Waals surface area (Å²) >= 11 is 0. The summed E-state index contributed by atoms with van der Waals surface area (Å²) in [6, 6.07) is 9.00. The molecule has 8 heteroatoms. The highest BCUT2D eigenvalue weighted by atomic mass is 32.2. The quantitative estimate of drug-likeness (QED) is 0.812. The van der Waals surface area contributed by atoms with Crippen molar-refractivity contribution in [1.29, 1.82) is 0 Å². The van der Waals surface area contributed by atoms with E-state index in [1.54, 1.807) is 12.1 Å². The van der Waals surface area contributed by atoms with Crippen molar-refractivity contribution < 1.29 is 17.6 Å². The third-order valence-corrected chi connectivity index (χ3v) is 7.26. The molecule has 0 spiro atoms. The fraction of sp³-hybridized carbons (Fsp3) is 0.364. The van der Waals surface area contributed by atoms with Crippen LogP contribution in [0.4, 0.5) is 0 Å². The molecule has 0 aliphatic carbocycles. The molecule has 2 aromatic rings. The number of amidine groups is 1. The van der Waals surface area contributed by atoms with Gasteiger partial charge in [0.1, 0.15) is 10.7 Å². The predicted octanol–water partition coefficient (Wildman–Crippen LogP) is 3.26. The number of piperidine rings is 1. The maximum Gasteiger partial charge on any atom is 0.287 e. The normalized spacial score (nSPS) is 19.2. The molecule has 2 aliphatic heterocycles.